The molecule has 0 spiro atoms. The number of amides is 2. The molecule has 2 atom stereocenters. The Kier molecular flexibility index (Phi) is 6.71. The monoisotopic (exact) mass is 556 g/mol. The molecule has 0 saturated carbocycles. The van der Waals surface area contributed by atoms with E-state index >= 15 is 0 Å². The van der Waals surface area contributed by atoms with Crippen LogP contribution in [0.2, 0.25) is 0 Å². The van der Waals surface area contributed by atoms with Gasteiger partial charge in [0.1, 0.15) is 16.0 Å². The van der Waals surface area contributed by atoms with Gasteiger partial charge in [-0.05, 0) is 48.9 Å². The third-order valence-corrected chi connectivity index (χ3v) is 9.75. The molecule has 1 aromatic carbocycles. The number of hydrogen-bond donors (Lipinski definition) is 4. The Bertz CT molecular complexity index is 1630. The number of allylic oxidation sites excluding steroid dienone is 1. The van der Waals surface area contributed by atoms with Crippen molar-refractivity contribution in [3.8, 4) is 0 Å². The number of aromatic nitrogens is 3. The molecular weight excluding hydrogens is 532 g/mol. The average molecular weight is 557 g/mol. The quantitative estimate of drug-likeness (QED) is 0.335. The van der Waals surface area contributed by atoms with Crippen molar-refractivity contribution in [2.45, 2.75) is 36.8 Å². The SMILES string of the molecule is Cc1c(C(=O)O)ccc2c1CC[C@@H]2NC(=O)c1cc(C(=O)NCC2=CCC(S(N)(=O)=O)S2)nc2ccnn12. The van der Waals surface area contributed by atoms with Crippen LogP contribution >= 0.6 is 11.8 Å². The van der Waals surface area contributed by atoms with Gasteiger partial charge in [-0.3, -0.25) is 9.59 Å². The van der Waals surface area contributed by atoms with Crippen LogP contribution in [0.3, 0.4) is 0 Å². The van der Waals surface area contributed by atoms with Crippen LogP contribution in [-0.4, -0.2) is 57.0 Å². The number of nitrogens with zero attached hydrogens (tertiary/aromatic N) is 3. The Hall–Kier alpha value is -3.75. The van der Waals surface area contributed by atoms with Gasteiger partial charge in [-0.1, -0.05) is 12.1 Å². The number of thioether (sulfide) groups is 1. The third kappa shape index (κ3) is 4.89. The zero-order valence-corrected chi connectivity index (χ0v) is 21.8. The van der Waals surface area contributed by atoms with Crippen molar-refractivity contribution in [1.29, 1.82) is 0 Å². The number of nitrogens with two attached hydrogens (primary N) is 1. The van der Waals surface area contributed by atoms with Gasteiger partial charge in [-0.2, -0.15) is 5.10 Å². The second kappa shape index (κ2) is 9.85. The van der Waals surface area contributed by atoms with Crippen LogP contribution in [0.25, 0.3) is 5.65 Å². The molecule has 5 rings (SSSR count). The molecule has 2 amide bonds. The number of carboxylic acid groups (broad SMARTS) is 1. The van der Waals surface area contributed by atoms with Crippen LogP contribution in [0, 0.1) is 6.92 Å². The fraction of sp³-hybridized carbons (Fsp3) is 0.292. The molecule has 2 aromatic heterocycles. The lowest BCUT2D eigenvalue weighted by Crippen LogP contribution is -2.31. The highest BCUT2D eigenvalue weighted by Crippen LogP contribution is 2.35. The zero-order valence-electron chi connectivity index (χ0n) is 20.2. The van der Waals surface area contributed by atoms with Crippen LogP contribution in [0.5, 0.6) is 0 Å². The molecule has 14 heteroatoms. The minimum atomic E-state index is -3.69. The molecule has 3 aromatic rings. The van der Waals surface area contributed by atoms with Crippen LogP contribution in [0.4, 0.5) is 0 Å². The molecule has 2 aliphatic rings. The van der Waals surface area contributed by atoms with Crippen molar-refractivity contribution in [3.63, 3.8) is 0 Å². The van der Waals surface area contributed by atoms with E-state index in [1.165, 1.54) is 16.8 Å². The standard InChI is InChI=1S/C24H24N6O6S2/c1-12-14-5-6-17(16(14)4-3-15(12)24(33)34)29-23(32)19-10-18(28-20-8-9-27-30(19)20)22(31)26-11-13-2-7-21(37-13)38(25,35)36/h2-4,8-10,17,21H,5-7,11H2,1H3,(H,26,31)(H,29,32)(H,33,34)(H2,25,35,36)/t17-,21?/m0/s1. The number of carboxylic acids is 1. The number of primary sulfonamides is 1. The first-order chi connectivity index (χ1) is 18.0. The van der Waals surface area contributed by atoms with Gasteiger partial charge in [0.25, 0.3) is 11.8 Å². The van der Waals surface area contributed by atoms with Crippen molar-refractivity contribution in [2.75, 3.05) is 6.54 Å². The Labute approximate surface area is 221 Å². The molecule has 12 nitrogen and oxygen atoms in total. The van der Waals surface area contributed by atoms with Crippen LogP contribution < -0.4 is 15.8 Å². The van der Waals surface area contributed by atoms with E-state index in [4.69, 9.17) is 5.14 Å². The van der Waals surface area contributed by atoms with Gasteiger partial charge in [0.2, 0.25) is 10.0 Å². The van der Waals surface area contributed by atoms with Crippen molar-refractivity contribution >= 4 is 45.2 Å². The molecule has 3 heterocycles. The van der Waals surface area contributed by atoms with Crippen LogP contribution in [0.1, 0.15) is 66.9 Å². The Morgan fingerprint density at radius 3 is 2.74 bits per heavy atom. The van der Waals surface area contributed by atoms with Gasteiger partial charge in [0.15, 0.2) is 5.65 Å². The summed E-state index contributed by atoms with van der Waals surface area (Å²) in [6, 6.07) is 5.87. The number of carbonyl (C=O) groups is 3. The average Bonchev–Trinajstić information content (AvgIpc) is 3.61. The summed E-state index contributed by atoms with van der Waals surface area (Å²) in [7, 11) is -3.69. The van der Waals surface area contributed by atoms with E-state index < -0.39 is 32.4 Å². The molecule has 198 valence electrons. The van der Waals surface area contributed by atoms with Gasteiger partial charge in [0.05, 0.1) is 17.8 Å². The lowest BCUT2D eigenvalue weighted by atomic mass is 9.98. The van der Waals surface area contributed by atoms with Crippen molar-refractivity contribution < 1.29 is 27.9 Å². The molecule has 0 fully saturated rings. The normalized spacial score (nSPS) is 18.7. The summed E-state index contributed by atoms with van der Waals surface area (Å²) < 4.78 is 23.7. The second-order valence-corrected chi connectivity index (χ2v) is 12.4. The van der Waals surface area contributed by atoms with E-state index in [2.05, 4.69) is 20.7 Å². The number of fused-ring (bicyclic) bond motifs is 2. The maximum Gasteiger partial charge on any atom is 0.335 e. The number of nitrogens with one attached hydrogen (secondary N) is 2. The first-order valence-corrected chi connectivity index (χ1v) is 14.2. The molecule has 38 heavy (non-hydrogen) atoms. The summed E-state index contributed by atoms with van der Waals surface area (Å²) in [6.07, 6.45) is 4.69. The minimum Gasteiger partial charge on any atom is -0.478 e. The Morgan fingerprint density at radius 2 is 2.03 bits per heavy atom. The number of carbonyl (C=O) groups excluding carboxylic acids is 2. The van der Waals surface area contributed by atoms with Gasteiger partial charge < -0.3 is 15.7 Å². The minimum absolute atomic E-state index is 0.00325. The smallest absolute Gasteiger partial charge is 0.335 e. The Balaban J connectivity index is 1.33. The number of rotatable bonds is 7. The number of sulfonamides is 1. The number of aromatic carboxylic acids is 1. The van der Waals surface area contributed by atoms with E-state index in [-0.39, 0.29) is 36.0 Å². The highest BCUT2D eigenvalue weighted by Gasteiger charge is 2.30. The summed E-state index contributed by atoms with van der Waals surface area (Å²) >= 11 is 1.08. The third-order valence-electron chi connectivity index (χ3n) is 6.66. The predicted octanol–water partition coefficient (Wildman–Crippen LogP) is 1.52. The molecule has 1 unspecified atom stereocenters. The summed E-state index contributed by atoms with van der Waals surface area (Å²) in [5.74, 6) is -1.99. The maximum absolute atomic E-state index is 13.3. The fourth-order valence-electron chi connectivity index (χ4n) is 4.75. The van der Waals surface area contributed by atoms with Gasteiger partial charge >= 0.3 is 5.97 Å². The van der Waals surface area contributed by atoms with Gasteiger partial charge in [-0.25, -0.2) is 27.9 Å². The molecule has 0 radical (unpaired) electrons. The highest BCUT2D eigenvalue weighted by atomic mass is 32.3. The van der Waals surface area contributed by atoms with E-state index in [0.29, 0.717) is 29.0 Å². The molecule has 1 aliphatic carbocycles. The molecule has 0 bridgehead atoms. The lowest BCUT2D eigenvalue weighted by molar-refractivity contribution is 0.0695. The van der Waals surface area contributed by atoms with Crippen LogP contribution in [-0.2, 0) is 16.4 Å². The van der Waals surface area contributed by atoms with Crippen molar-refractivity contribution in [1.82, 2.24) is 25.2 Å². The maximum atomic E-state index is 13.3. The first-order valence-electron chi connectivity index (χ1n) is 11.7. The summed E-state index contributed by atoms with van der Waals surface area (Å²) in [6.45, 7) is 1.86. The second-order valence-electron chi connectivity index (χ2n) is 9.03. The predicted molar refractivity (Wildman–Crippen MR) is 139 cm³/mol. The van der Waals surface area contributed by atoms with E-state index in [9.17, 15) is 27.9 Å². The van der Waals surface area contributed by atoms with Gasteiger partial charge in [0, 0.05) is 23.6 Å². The summed E-state index contributed by atoms with van der Waals surface area (Å²) in [5.41, 5.74) is 3.13. The highest BCUT2D eigenvalue weighted by molar-refractivity contribution is 8.15. The largest absolute Gasteiger partial charge is 0.478 e. The van der Waals surface area contributed by atoms with E-state index in [1.54, 1.807) is 31.2 Å². The Morgan fingerprint density at radius 1 is 1.24 bits per heavy atom. The molecule has 0 saturated heterocycles. The number of hydrogen-bond acceptors (Lipinski definition) is 8. The summed E-state index contributed by atoms with van der Waals surface area (Å²) in [5, 5.41) is 24.4. The van der Waals surface area contributed by atoms with Crippen LogP contribution in [0.15, 0.2) is 41.4 Å². The fourth-order valence-corrected chi connectivity index (χ4v) is 6.90. The molecular formula is C24H24N6O6S2. The van der Waals surface area contributed by atoms with Crippen molar-refractivity contribution in [3.05, 3.63) is 75.1 Å². The molecule has 1 aliphatic heterocycles. The lowest BCUT2D eigenvalue weighted by Gasteiger charge is -2.16. The topological polar surface area (TPSA) is 186 Å². The van der Waals surface area contributed by atoms with E-state index in [1.807, 2.05) is 0 Å². The zero-order chi connectivity index (χ0) is 27.2. The van der Waals surface area contributed by atoms with Crippen molar-refractivity contribution in [2.24, 2.45) is 5.14 Å². The molecule has 5 N–H and O–H groups in total. The first kappa shape index (κ1) is 25.9. The summed E-state index contributed by atoms with van der Waals surface area (Å²) in [4.78, 5) is 42.7. The van der Waals surface area contributed by atoms with Gasteiger partial charge in [-0.15, -0.1) is 11.8 Å². The van der Waals surface area contributed by atoms with E-state index in [0.717, 1.165) is 22.9 Å². The number of benzene rings is 1.